The Bertz CT molecular complexity index is 758. The number of anilines is 1. The lowest BCUT2D eigenvalue weighted by Gasteiger charge is -2.33. The van der Waals surface area contributed by atoms with Crippen molar-refractivity contribution in [3.63, 3.8) is 0 Å². The minimum Gasteiger partial charge on any atom is -0.371 e. The van der Waals surface area contributed by atoms with E-state index < -0.39 is 0 Å². The van der Waals surface area contributed by atoms with Crippen LogP contribution < -0.4 is 10.2 Å². The van der Waals surface area contributed by atoms with Crippen molar-refractivity contribution in [2.45, 2.75) is 46.6 Å². The molecule has 0 aliphatic carbocycles. The van der Waals surface area contributed by atoms with E-state index in [1.165, 1.54) is 27.9 Å². The Hall–Kier alpha value is -2.29. The molecule has 0 aromatic heterocycles. The van der Waals surface area contributed by atoms with Gasteiger partial charge in [0.05, 0.1) is 6.04 Å². The first kappa shape index (κ1) is 18.5. The SMILES string of the molecule is Cc1ccc(N2CCC(C(=O)N[C@H](C)c3ccc(C)c(C)c3)CC2)cc1. The Labute approximate surface area is 157 Å². The van der Waals surface area contributed by atoms with Crippen LogP contribution in [0.4, 0.5) is 5.69 Å². The molecule has 2 aromatic carbocycles. The van der Waals surface area contributed by atoms with Crippen LogP contribution in [-0.2, 0) is 4.79 Å². The van der Waals surface area contributed by atoms with E-state index in [1.807, 2.05) is 0 Å². The molecule has 2 aromatic rings. The predicted molar refractivity (Wildman–Crippen MR) is 109 cm³/mol. The molecular weight excluding hydrogens is 320 g/mol. The third kappa shape index (κ3) is 4.27. The molecule has 0 spiro atoms. The van der Waals surface area contributed by atoms with E-state index >= 15 is 0 Å². The van der Waals surface area contributed by atoms with Crippen LogP contribution in [0.25, 0.3) is 0 Å². The zero-order valence-corrected chi connectivity index (χ0v) is 16.4. The summed E-state index contributed by atoms with van der Waals surface area (Å²) in [5.74, 6) is 0.310. The summed E-state index contributed by atoms with van der Waals surface area (Å²) in [6, 6.07) is 15.1. The summed E-state index contributed by atoms with van der Waals surface area (Å²) in [5.41, 5.74) is 6.28. The fourth-order valence-corrected chi connectivity index (χ4v) is 3.60. The van der Waals surface area contributed by atoms with Gasteiger partial charge in [0, 0.05) is 24.7 Å². The molecule has 3 nitrogen and oxygen atoms in total. The molecule has 3 heteroatoms. The summed E-state index contributed by atoms with van der Waals surface area (Å²) in [6.07, 6.45) is 1.83. The lowest BCUT2D eigenvalue weighted by Crippen LogP contribution is -2.41. The molecule has 0 bridgehead atoms. The van der Waals surface area contributed by atoms with Crippen LogP contribution >= 0.6 is 0 Å². The largest absolute Gasteiger partial charge is 0.371 e. The molecule has 1 N–H and O–H groups in total. The second kappa shape index (κ2) is 7.94. The van der Waals surface area contributed by atoms with Crippen molar-refractivity contribution in [3.8, 4) is 0 Å². The molecule has 138 valence electrons. The molecule has 1 amide bonds. The van der Waals surface area contributed by atoms with Gasteiger partial charge in [0.1, 0.15) is 0 Å². The Kier molecular flexibility index (Phi) is 5.65. The van der Waals surface area contributed by atoms with Gasteiger partial charge >= 0.3 is 0 Å². The Morgan fingerprint density at radius 1 is 1.00 bits per heavy atom. The summed E-state index contributed by atoms with van der Waals surface area (Å²) >= 11 is 0. The van der Waals surface area contributed by atoms with Gasteiger partial charge in [-0.3, -0.25) is 4.79 Å². The van der Waals surface area contributed by atoms with Gasteiger partial charge in [0.2, 0.25) is 5.91 Å². The van der Waals surface area contributed by atoms with E-state index in [2.05, 4.69) is 80.4 Å². The summed E-state index contributed by atoms with van der Waals surface area (Å²) in [6.45, 7) is 10.3. The third-order valence-corrected chi connectivity index (χ3v) is 5.65. The number of hydrogen-bond donors (Lipinski definition) is 1. The molecule has 0 saturated carbocycles. The van der Waals surface area contributed by atoms with Crippen LogP contribution in [0, 0.1) is 26.7 Å². The zero-order valence-electron chi connectivity index (χ0n) is 16.4. The maximum absolute atomic E-state index is 12.7. The van der Waals surface area contributed by atoms with Gasteiger partial charge in [0.25, 0.3) is 0 Å². The van der Waals surface area contributed by atoms with E-state index in [-0.39, 0.29) is 17.9 Å². The first-order chi connectivity index (χ1) is 12.4. The van der Waals surface area contributed by atoms with Crippen molar-refractivity contribution in [3.05, 3.63) is 64.7 Å². The highest BCUT2D eigenvalue weighted by atomic mass is 16.1. The average Bonchev–Trinajstić information content (AvgIpc) is 2.64. The smallest absolute Gasteiger partial charge is 0.223 e. The number of hydrogen-bond acceptors (Lipinski definition) is 2. The average molecular weight is 351 g/mol. The van der Waals surface area contributed by atoms with Gasteiger partial charge in [-0.25, -0.2) is 0 Å². The molecule has 1 aliphatic heterocycles. The number of nitrogens with zero attached hydrogens (tertiary/aromatic N) is 1. The molecule has 1 heterocycles. The van der Waals surface area contributed by atoms with Gasteiger partial charge < -0.3 is 10.2 Å². The Balaban J connectivity index is 1.54. The van der Waals surface area contributed by atoms with Crippen molar-refractivity contribution in [1.29, 1.82) is 0 Å². The summed E-state index contributed by atoms with van der Waals surface area (Å²) < 4.78 is 0. The first-order valence-electron chi connectivity index (χ1n) is 9.63. The summed E-state index contributed by atoms with van der Waals surface area (Å²) in [4.78, 5) is 15.1. The molecule has 1 aliphatic rings. The minimum absolute atomic E-state index is 0.0527. The van der Waals surface area contributed by atoms with E-state index in [4.69, 9.17) is 0 Å². The van der Waals surface area contributed by atoms with Crippen LogP contribution in [0.2, 0.25) is 0 Å². The number of nitrogens with one attached hydrogen (secondary N) is 1. The quantitative estimate of drug-likeness (QED) is 0.866. The number of piperidine rings is 1. The molecule has 0 radical (unpaired) electrons. The highest BCUT2D eigenvalue weighted by molar-refractivity contribution is 5.79. The number of carbonyl (C=O) groups excluding carboxylic acids is 1. The van der Waals surface area contributed by atoms with Crippen LogP contribution in [0.3, 0.4) is 0 Å². The molecular formula is C23H30N2O. The van der Waals surface area contributed by atoms with Gasteiger partial charge in [-0.15, -0.1) is 0 Å². The molecule has 0 unspecified atom stereocenters. The Morgan fingerprint density at radius 2 is 1.65 bits per heavy atom. The van der Waals surface area contributed by atoms with Crippen molar-refractivity contribution >= 4 is 11.6 Å². The lowest BCUT2D eigenvalue weighted by atomic mass is 9.94. The van der Waals surface area contributed by atoms with Crippen molar-refractivity contribution < 1.29 is 4.79 Å². The van der Waals surface area contributed by atoms with Crippen molar-refractivity contribution in [2.75, 3.05) is 18.0 Å². The molecule has 1 saturated heterocycles. The maximum Gasteiger partial charge on any atom is 0.223 e. The number of rotatable bonds is 4. The third-order valence-electron chi connectivity index (χ3n) is 5.65. The lowest BCUT2D eigenvalue weighted by molar-refractivity contribution is -0.126. The van der Waals surface area contributed by atoms with Crippen LogP contribution in [0.1, 0.15) is 48.1 Å². The summed E-state index contributed by atoms with van der Waals surface area (Å²) in [7, 11) is 0. The predicted octanol–water partition coefficient (Wildman–Crippen LogP) is 4.71. The fraction of sp³-hybridized carbons (Fsp3) is 0.435. The van der Waals surface area contributed by atoms with Gasteiger partial charge in [-0.1, -0.05) is 35.9 Å². The highest BCUT2D eigenvalue weighted by Crippen LogP contribution is 2.25. The maximum atomic E-state index is 12.7. The second-order valence-corrected chi connectivity index (χ2v) is 7.67. The number of carbonyl (C=O) groups is 1. The van der Waals surface area contributed by atoms with Crippen LogP contribution in [0.5, 0.6) is 0 Å². The fourth-order valence-electron chi connectivity index (χ4n) is 3.60. The minimum atomic E-state index is 0.0527. The zero-order chi connectivity index (χ0) is 18.7. The number of benzene rings is 2. The van der Waals surface area contributed by atoms with E-state index in [0.29, 0.717) is 0 Å². The first-order valence-corrected chi connectivity index (χ1v) is 9.63. The highest BCUT2D eigenvalue weighted by Gasteiger charge is 2.26. The number of aryl methyl sites for hydroxylation is 3. The molecule has 26 heavy (non-hydrogen) atoms. The standard InChI is InChI=1S/C23H30N2O/c1-16-5-9-22(10-6-16)25-13-11-20(12-14-25)23(26)24-19(4)21-8-7-17(2)18(3)15-21/h5-10,15,19-20H,11-14H2,1-4H3,(H,24,26)/t19-/m1/s1. The number of amides is 1. The van der Waals surface area contributed by atoms with Crippen molar-refractivity contribution in [1.82, 2.24) is 5.32 Å². The van der Waals surface area contributed by atoms with Gasteiger partial charge in [0.15, 0.2) is 0 Å². The van der Waals surface area contributed by atoms with Gasteiger partial charge in [-0.05, 0) is 69.4 Å². The monoisotopic (exact) mass is 350 g/mol. The Morgan fingerprint density at radius 3 is 2.27 bits per heavy atom. The van der Waals surface area contributed by atoms with Gasteiger partial charge in [-0.2, -0.15) is 0 Å². The molecule has 3 rings (SSSR count). The van der Waals surface area contributed by atoms with Crippen LogP contribution in [-0.4, -0.2) is 19.0 Å². The topological polar surface area (TPSA) is 32.3 Å². The van der Waals surface area contributed by atoms with Crippen molar-refractivity contribution in [2.24, 2.45) is 5.92 Å². The normalized spacial score (nSPS) is 16.4. The molecule has 1 atom stereocenters. The second-order valence-electron chi connectivity index (χ2n) is 7.67. The summed E-state index contributed by atoms with van der Waals surface area (Å²) in [5, 5.41) is 3.22. The van der Waals surface area contributed by atoms with E-state index in [0.717, 1.165) is 25.9 Å². The van der Waals surface area contributed by atoms with Crippen LogP contribution in [0.15, 0.2) is 42.5 Å². The van der Waals surface area contributed by atoms with E-state index in [1.54, 1.807) is 0 Å². The van der Waals surface area contributed by atoms with E-state index in [9.17, 15) is 4.79 Å². The molecule has 1 fully saturated rings.